The molecule has 5 nitrogen and oxygen atoms in total. The van der Waals surface area contributed by atoms with E-state index < -0.39 is 29.2 Å². The van der Waals surface area contributed by atoms with Crippen molar-refractivity contribution in [3.63, 3.8) is 0 Å². The van der Waals surface area contributed by atoms with Gasteiger partial charge in [0.15, 0.2) is 0 Å². The summed E-state index contributed by atoms with van der Waals surface area (Å²) >= 11 is 0. The van der Waals surface area contributed by atoms with Gasteiger partial charge in [0.25, 0.3) is 0 Å². The molecule has 0 aromatic rings. The molecule has 18 heavy (non-hydrogen) atoms. The third kappa shape index (κ3) is 10.4. The summed E-state index contributed by atoms with van der Waals surface area (Å²) in [6.07, 6.45) is -0.174. The van der Waals surface area contributed by atoms with Crippen LogP contribution in [0.25, 0.3) is 0 Å². The molecule has 0 heterocycles. The fraction of sp³-hybridized carbons (Fsp3) is 0.833. The zero-order valence-corrected chi connectivity index (χ0v) is 12.7. The highest BCUT2D eigenvalue weighted by Gasteiger charge is 2.26. The van der Waals surface area contributed by atoms with Crippen molar-refractivity contribution >= 4 is 24.3 Å². The van der Waals surface area contributed by atoms with Gasteiger partial charge < -0.3 is 15.2 Å². The molecule has 0 aromatic heterocycles. The highest BCUT2D eigenvalue weighted by Crippen LogP contribution is 2.11. The summed E-state index contributed by atoms with van der Waals surface area (Å²) in [7, 11) is 0. The normalized spacial score (nSPS) is 13.3. The second kappa shape index (κ2) is 6.95. The van der Waals surface area contributed by atoms with Crippen molar-refractivity contribution in [1.82, 2.24) is 0 Å². The lowest BCUT2D eigenvalue weighted by Gasteiger charge is -2.23. The van der Waals surface area contributed by atoms with Gasteiger partial charge in [0.05, 0.1) is 6.42 Å². The average molecular weight is 282 g/mol. The molecule has 0 radical (unpaired) electrons. The van der Waals surface area contributed by atoms with Gasteiger partial charge in [-0.05, 0) is 41.5 Å². The molecular weight excluding hydrogens is 258 g/mol. The van der Waals surface area contributed by atoms with Crippen molar-refractivity contribution in [3.05, 3.63) is 0 Å². The molecule has 0 aromatic carbocycles. The number of hydrogen-bond donors (Lipinski definition) is 1. The van der Waals surface area contributed by atoms with Gasteiger partial charge in [-0.3, -0.25) is 9.59 Å². The lowest BCUT2D eigenvalue weighted by atomic mass is 10.1. The van der Waals surface area contributed by atoms with Crippen molar-refractivity contribution in [3.8, 4) is 0 Å². The first-order valence-electron chi connectivity index (χ1n) is 5.61. The zero-order valence-electron chi connectivity index (χ0n) is 11.9. The Kier molecular flexibility index (Phi) is 7.54. The Morgan fingerprint density at radius 2 is 1.39 bits per heavy atom. The van der Waals surface area contributed by atoms with Crippen LogP contribution in [0.15, 0.2) is 0 Å². The average Bonchev–Trinajstić information content (AvgIpc) is 1.95. The van der Waals surface area contributed by atoms with Crippen LogP contribution >= 0.6 is 12.4 Å². The topological polar surface area (TPSA) is 78.6 Å². The van der Waals surface area contributed by atoms with Crippen LogP contribution in [0, 0.1) is 0 Å². The van der Waals surface area contributed by atoms with Crippen LogP contribution in [0.2, 0.25) is 0 Å². The highest BCUT2D eigenvalue weighted by atomic mass is 35.5. The minimum atomic E-state index is -0.982. The van der Waals surface area contributed by atoms with Crippen molar-refractivity contribution < 1.29 is 19.1 Å². The fourth-order valence-corrected chi connectivity index (χ4v) is 1.02. The maximum atomic E-state index is 11.5. The van der Waals surface area contributed by atoms with Gasteiger partial charge >= 0.3 is 11.9 Å². The monoisotopic (exact) mass is 281 g/mol. The number of halogens is 1. The largest absolute Gasteiger partial charge is 0.460 e. The zero-order chi connectivity index (χ0) is 13.9. The van der Waals surface area contributed by atoms with E-state index in [0.29, 0.717) is 0 Å². The van der Waals surface area contributed by atoms with Crippen molar-refractivity contribution in [2.45, 2.75) is 65.2 Å². The van der Waals surface area contributed by atoms with E-state index in [0.717, 1.165) is 0 Å². The quantitative estimate of drug-likeness (QED) is 0.798. The molecule has 0 unspecified atom stereocenters. The van der Waals surface area contributed by atoms with Gasteiger partial charge in [-0.2, -0.15) is 0 Å². The molecule has 0 amide bonds. The Morgan fingerprint density at radius 1 is 1.00 bits per heavy atom. The van der Waals surface area contributed by atoms with Crippen LogP contribution in [0.1, 0.15) is 48.0 Å². The third-order valence-corrected chi connectivity index (χ3v) is 1.52. The van der Waals surface area contributed by atoms with Crippen LogP contribution in [-0.2, 0) is 19.1 Å². The number of ether oxygens (including phenoxy) is 2. The molecule has 0 spiro atoms. The van der Waals surface area contributed by atoms with E-state index in [2.05, 4.69) is 0 Å². The molecule has 0 rings (SSSR count). The second-order valence-corrected chi connectivity index (χ2v) is 5.93. The van der Waals surface area contributed by atoms with E-state index in [4.69, 9.17) is 15.2 Å². The van der Waals surface area contributed by atoms with E-state index in [-0.39, 0.29) is 18.8 Å². The molecule has 108 valence electrons. The lowest BCUT2D eigenvalue weighted by Crippen LogP contribution is -2.40. The number of nitrogens with two attached hydrogens (primary N) is 1. The Bertz CT molecular complexity index is 291. The summed E-state index contributed by atoms with van der Waals surface area (Å²) in [6.45, 7) is 10.5. The second-order valence-electron chi connectivity index (χ2n) is 5.93. The van der Waals surface area contributed by atoms with E-state index in [1.807, 2.05) is 0 Å². The summed E-state index contributed by atoms with van der Waals surface area (Å²) in [4.78, 5) is 22.9. The number of carbonyl (C=O) groups is 2. The summed E-state index contributed by atoms with van der Waals surface area (Å²) < 4.78 is 10.1. The summed E-state index contributed by atoms with van der Waals surface area (Å²) in [5.41, 5.74) is 4.38. The third-order valence-electron chi connectivity index (χ3n) is 1.52. The first kappa shape index (κ1) is 19.5. The molecule has 2 N–H and O–H groups in total. The van der Waals surface area contributed by atoms with E-state index >= 15 is 0 Å². The summed E-state index contributed by atoms with van der Waals surface area (Å²) in [6, 6.07) is -0.982. The van der Waals surface area contributed by atoms with Gasteiger partial charge in [-0.15, -0.1) is 12.4 Å². The predicted octanol–water partition coefficient (Wildman–Crippen LogP) is 1.81. The van der Waals surface area contributed by atoms with Crippen LogP contribution in [0.4, 0.5) is 0 Å². The first-order valence-corrected chi connectivity index (χ1v) is 5.61. The van der Waals surface area contributed by atoms with Gasteiger partial charge in [0, 0.05) is 0 Å². The van der Waals surface area contributed by atoms with E-state index in [1.165, 1.54) is 0 Å². The molecule has 6 heteroatoms. The van der Waals surface area contributed by atoms with Crippen LogP contribution < -0.4 is 5.73 Å². The smallest absolute Gasteiger partial charge is 0.324 e. The minimum Gasteiger partial charge on any atom is -0.460 e. The number of rotatable bonds is 3. The molecule has 0 fully saturated rings. The molecule has 0 aliphatic carbocycles. The molecule has 1 atom stereocenters. The van der Waals surface area contributed by atoms with Gasteiger partial charge in [-0.1, -0.05) is 0 Å². The molecule has 0 saturated carbocycles. The SMILES string of the molecule is CC(C)(C)OC(=O)C[C@@H](N)C(=O)OC(C)(C)C.Cl. The van der Waals surface area contributed by atoms with Gasteiger partial charge in [0.2, 0.25) is 0 Å². The van der Waals surface area contributed by atoms with Crippen molar-refractivity contribution in [2.24, 2.45) is 5.73 Å². The van der Waals surface area contributed by atoms with E-state index in [9.17, 15) is 9.59 Å². The highest BCUT2D eigenvalue weighted by molar-refractivity contribution is 5.85. The Balaban J connectivity index is 0. The first-order chi connectivity index (χ1) is 7.41. The van der Waals surface area contributed by atoms with E-state index in [1.54, 1.807) is 41.5 Å². The Morgan fingerprint density at radius 3 is 1.72 bits per heavy atom. The van der Waals surface area contributed by atoms with Crippen molar-refractivity contribution in [2.75, 3.05) is 0 Å². The maximum absolute atomic E-state index is 11.5. The van der Waals surface area contributed by atoms with Crippen molar-refractivity contribution in [1.29, 1.82) is 0 Å². The van der Waals surface area contributed by atoms with Crippen LogP contribution in [-0.4, -0.2) is 29.2 Å². The maximum Gasteiger partial charge on any atom is 0.324 e. The number of carbonyl (C=O) groups excluding carboxylic acids is 2. The lowest BCUT2D eigenvalue weighted by molar-refractivity contribution is -0.163. The van der Waals surface area contributed by atoms with Crippen LogP contribution in [0.3, 0.4) is 0 Å². The standard InChI is InChI=1S/C12H23NO4.ClH/c1-11(2,3)16-9(14)7-8(13)10(15)17-12(4,5)6;/h8H,7,13H2,1-6H3;1H/t8-;/m1./s1. The molecule has 0 aliphatic rings. The molecule has 0 aliphatic heterocycles. The molecule has 0 saturated heterocycles. The fourth-order valence-electron chi connectivity index (χ4n) is 1.02. The van der Waals surface area contributed by atoms with Gasteiger partial charge in [0.1, 0.15) is 17.2 Å². The summed E-state index contributed by atoms with van der Waals surface area (Å²) in [5.74, 6) is -1.10. The Labute approximate surface area is 115 Å². The minimum absolute atomic E-state index is 0. The Hall–Kier alpha value is -0.810. The number of hydrogen-bond acceptors (Lipinski definition) is 5. The van der Waals surface area contributed by atoms with Crippen LogP contribution in [0.5, 0.6) is 0 Å². The van der Waals surface area contributed by atoms with Gasteiger partial charge in [-0.25, -0.2) is 0 Å². The number of esters is 2. The predicted molar refractivity (Wildman–Crippen MR) is 71.5 cm³/mol. The molecule has 0 bridgehead atoms. The molecular formula is C12H24ClNO4. The summed E-state index contributed by atoms with van der Waals surface area (Å²) in [5, 5.41) is 0.